The molecule has 0 saturated heterocycles. The van der Waals surface area contributed by atoms with Crippen LogP contribution in [0.1, 0.15) is 0 Å². The van der Waals surface area contributed by atoms with E-state index in [-0.39, 0.29) is 69.2 Å². The van der Waals surface area contributed by atoms with Crippen molar-refractivity contribution in [1.29, 1.82) is 0 Å². The predicted octanol–water partition coefficient (Wildman–Crippen LogP) is -9.04. The molecular weight excluding hydrogens is 319 g/mol. The molecule has 0 N–H and O–H groups in total. The fourth-order valence-electron chi connectivity index (χ4n) is 0. The van der Waals surface area contributed by atoms with Gasteiger partial charge in [0.15, 0.2) is 0 Å². The zero-order valence-electron chi connectivity index (χ0n) is 5.47. The van der Waals surface area contributed by atoms with Crippen molar-refractivity contribution in [2.24, 2.45) is 0 Å². The van der Waals surface area contributed by atoms with Crippen LogP contribution in [0.3, 0.4) is 0 Å². The Kier molecular flexibility index (Phi) is 61.6. The van der Waals surface area contributed by atoms with E-state index < -0.39 is 31.4 Å². The molecule has 0 aliphatic rings. The van der Waals surface area contributed by atoms with Crippen LogP contribution in [0.15, 0.2) is 0 Å². The molecule has 0 aromatic heterocycles. The van der Waals surface area contributed by atoms with Crippen LogP contribution in [-0.4, -0.2) is 101 Å². The molecular formula is As2Mg3O6. The van der Waals surface area contributed by atoms with Crippen molar-refractivity contribution in [2.45, 2.75) is 0 Å². The first-order valence-electron chi connectivity index (χ1n) is 1.10. The van der Waals surface area contributed by atoms with E-state index >= 15 is 0 Å². The zero-order valence-corrected chi connectivity index (χ0v) is 13.5. The summed E-state index contributed by atoms with van der Waals surface area (Å²) < 4.78 is 51.4. The third kappa shape index (κ3) is 163. The fourth-order valence-corrected chi connectivity index (χ4v) is 0. The van der Waals surface area contributed by atoms with Gasteiger partial charge < -0.3 is 0 Å². The summed E-state index contributed by atoms with van der Waals surface area (Å²) >= 11 is -7.88. The minimum absolute atomic E-state index is 0. The first kappa shape index (κ1) is 29.2. The molecule has 0 fully saturated rings. The Hall–Kier alpha value is 3.18. The number of hydrogen-bond donors (Lipinski definition) is 0. The van der Waals surface area contributed by atoms with Gasteiger partial charge in [-0.2, -0.15) is 0 Å². The van der Waals surface area contributed by atoms with Gasteiger partial charge in [-0.1, -0.05) is 0 Å². The van der Waals surface area contributed by atoms with Crippen molar-refractivity contribution >= 4 is 101 Å². The van der Waals surface area contributed by atoms with Crippen molar-refractivity contribution in [3.63, 3.8) is 0 Å². The standard InChI is InChI=1S/2AsO3.3Mg/c2*2-1(3)4;;;/q2*-3;3*+2. The van der Waals surface area contributed by atoms with E-state index in [2.05, 4.69) is 0 Å². The minimum atomic E-state index is -3.94. The summed E-state index contributed by atoms with van der Waals surface area (Å²) in [4.78, 5) is 0. The molecule has 11 heavy (non-hydrogen) atoms. The van der Waals surface area contributed by atoms with Gasteiger partial charge in [0.2, 0.25) is 0 Å². The monoisotopic (exact) mass is 318 g/mol. The molecule has 0 spiro atoms. The Bertz CT molecular complexity index is 31.3. The molecule has 0 bridgehead atoms. The van der Waals surface area contributed by atoms with Crippen LogP contribution in [0.4, 0.5) is 0 Å². The van der Waals surface area contributed by atoms with Crippen LogP contribution in [-0.2, 0) is 0 Å². The van der Waals surface area contributed by atoms with E-state index in [0.29, 0.717) is 0 Å². The van der Waals surface area contributed by atoms with Gasteiger partial charge in [0, 0.05) is 0 Å². The van der Waals surface area contributed by atoms with Crippen molar-refractivity contribution in [2.75, 3.05) is 0 Å². The quantitative estimate of drug-likeness (QED) is 0.406. The summed E-state index contributed by atoms with van der Waals surface area (Å²) in [7, 11) is 0. The van der Waals surface area contributed by atoms with Crippen LogP contribution in [0.2, 0.25) is 0 Å². The Balaban J connectivity index is -0.0000000171. The summed E-state index contributed by atoms with van der Waals surface area (Å²) in [5.41, 5.74) is 0. The van der Waals surface area contributed by atoms with Crippen molar-refractivity contribution < 1.29 is 24.6 Å². The van der Waals surface area contributed by atoms with Gasteiger partial charge in [0.05, 0.1) is 0 Å². The van der Waals surface area contributed by atoms with Crippen molar-refractivity contribution in [1.82, 2.24) is 0 Å². The first-order valence-corrected chi connectivity index (χ1v) is 5.69. The molecule has 0 amide bonds. The van der Waals surface area contributed by atoms with E-state index in [9.17, 15) is 0 Å². The molecule has 0 radical (unpaired) electrons. The molecule has 0 saturated carbocycles. The second kappa shape index (κ2) is 23.2. The van der Waals surface area contributed by atoms with Crippen LogP contribution in [0.25, 0.3) is 0 Å². The van der Waals surface area contributed by atoms with Gasteiger partial charge >= 0.3 is 125 Å². The number of hydrogen-bond acceptors (Lipinski definition) is 6. The van der Waals surface area contributed by atoms with Gasteiger partial charge in [-0.25, -0.2) is 0 Å². The summed E-state index contributed by atoms with van der Waals surface area (Å²) in [6, 6.07) is 0. The van der Waals surface area contributed by atoms with E-state index in [1.54, 1.807) is 0 Å². The first-order chi connectivity index (χ1) is 3.46. The molecule has 11 heteroatoms. The molecule has 0 atom stereocenters. The average molecular weight is 319 g/mol. The topological polar surface area (TPSA) is 138 Å². The molecule has 0 aliphatic heterocycles. The molecule has 0 unspecified atom stereocenters. The molecule has 6 nitrogen and oxygen atoms in total. The van der Waals surface area contributed by atoms with Gasteiger partial charge in [0.1, 0.15) is 0 Å². The Morgan fingerprint density at radius 3 is 0.455 bits per heavy atom. The Morgan fingerprint density at radius 2 is 0.455 bits per heavy atom. The van der Waals surface area contributed by atoms with Crippen LogP contribution in [0.5, 0.6) is 0 Å². The second-order valence-electron chi connectivity index (χ2n) is 0.447. The third-order valence-corrected chi connectivity index (χ3v) is 0. The predicted molar refractivity (Wildman–Crippen MR) is 28.8 cm³/mol. The maximum atomic E-state index is 8.56. The normalized spacial score (nSPS) is 6.55. The van der Waals surface area contributed by atoms with Crippen LogP contribution in [0, 0.1) is 0 Å². The molecule has 0 aliphatic carbocycles. The Morgan fingerprint density at radius 1 is 0.455 bits per heavy atom. The van der Waals surface area contributed by atoms with E-state index in [1.165, 1.54) is 0 Å². The molecule has 0 aromatic rings. The zero-order chi connectivity index (χ0) is 7.15. The van der Waals surface area contributed by atoms with E-state index in [0.717, 1.165) is 0 Å². The second-order valence-corrected chi connectivity index (χ2v) is 2.32. The fraction of sp³-hybridized carbons (Fsp3) is 0. The molecule has 0 aromatic carbocycles. The summed E-state index contributed by atoms with van der Waals surface area (Å²) in [6.45, 7) is 0. The summed E-state index contributed by atoms with van der Waals surface area (Å²) in [5.74, 6) is 0. The molecule has 52 valence electrons. The maximum absolute atomic E-state index is 8.56. The van der Waals surface area contributed by atoms with Crippen molar-refractivity contribution in [3.8, 4) is 0 Å². The van der Waals surface area contributed by atoms with Gasteiger partial charge in [-0.05, 0) is 0 Å². The Labute approximate surface area is 123 Å². The van der Waals surface area contributed by atoms with Gasteiger partial charge in [0.25, 0.3) is 0 Å². The van der Waals surface area contributed by atoms with Crippen LogP contribution >= 0.6 is 0 Å². The number of rotatable bonds is 0. The summed E-state index contributed by atoms with van der Waals surface area (Å²) in [6.07, 6.45) is 0. The van der Waals surface area contributed by atoms with Gasteiger partial charge in [-0.3, -0.25) is 0 Å². The van der Waals surface area contributed by atoms with Gasteiger partial charge in [-0.15, -0.1) is 0 Å². The third-order valence-electron chi connectivity index (χ3n) is 0. The van der Waals surface area contributed by atoms with Crippen molar-refractivity contribution in [3.05, 3.63) is 0 Å². The average Bonchev–Trinajstić information content (AvgIpc) is 1.25. The SMILES string of the molecule is [Mg+2].[Mg+2].[Mg+2].[O-][As]([O-])[O-].[O-][As]([O-])[O-]. The van der Waals surface area contributed by atoms with E-state index in [1.807, 2.05) is 0 Å². The van der Waals surface area contributed by atoms with Crippen LogP contribution < -0.4 is 24.6 Å². The summed E-state index contributed by atoms with van der Waals surface area (Å²) in [5, 5.41) is 0. The molecule has 0 rings (SSSR count). The molecule has 0 heterocycles. The van der Waals surface area contributed by atoms with E-state index in [4.69, 9.17) is 24.6 Å².